The largest absolute Gasteiger partial charge is 0.382 e. The Hall–Kier alpha value is -3.82. The molecule has 40 heavy (non-hydrogen) atoms. The standard InChI is InChI=1S/C31H39N7O2/c1-20-26(32-13-14-36(2)3)11-12-28(34-20)29-16-25(24-15-21(19-40-6)7-10-27(24)35-29)31(39)37(4)18-23-17-33-30(38(23)5)22-8-9-22/h7,10-12,15-17,22,32H,8-9,13-14,18-19H2,1-6H3. The maximum atomic E-state index is 14.0. The number of benzene rings is 1. The van der Waals surface area contributed by atoms with Gasteiger partial charge in [0.1, 0.15) is 5.82 Å². The molecule has 0 aliphatic heterocycles. The number of aromatic nitrogens is 4. The number of likely N-dealkylation sites (N-methyl/N-ethyl adjacent to an activating group) is 1. The summed E-state index contributed by atoms with van der Waals surface area (Å²) in [5.74, 6) is 1.59. The molecule has 0 spiro atoms. The Labute approximate surface area is 236 Å². The van der Waals surface area contributed by atoms with Crippen molar-refractivity contribution in [2.45, 2.75) is 38.8 Å². The van der Waals surface area contributed by atoms with Gasteiger partial charge < -0.3 is 24.4 Å². The molecule has 1 saturated carbocycles. The molecule has 0 unspecified atom stereocenters. The van der Waals surface area contributed by atoms with Gasteiger partial charge in [-0.1, -0.05) is 6.07 Å². The van der Waals surface area contributed by atoms with Crippen LogP contribution in [0.2, 0.25) is 0 Å². The number of carbonyl (C=O) groups excluding carboxylic acids is 1. The summed E-state index contributed by atoms with van der Waals surface area (Å²) in [6.45, 7) is 4.68. The summed E-state index contributed by atoms with van der Waals surface area (Å²) in [5.41, 5.74) is 6.64. The number of pyridine rings is 2. The van der Waals surface area contributed by atoms with Crippen molar-refractivity contribution in [1.82, 2.24) is 29.3 Å². The Balaban J connectivity index is 1.48. The van der Waals surface area contributed by atoms with Crippen LogP contribution in [0.4, 0.5) is 5.69 Å². The van der Waals surface area contributed by atoms with Crippen LogP contribution in [0.25, 0.3) is 22.3 Å². The summed E-state index contributed by atoms with van der Waals surface area (Å²) in [6, 6.07) is 11.8. The van der Waals surface area contributed by atoms with Crippen LogP contribution in [0.5, 0.6) is 0 Å². The fourth-order valence-electron chi connectivity index (χ4n) is 4.99. The first-order valence-electron chi connectivity index (χ1n) is 13.8. The number of methoxy groups -OCH3 is 1. The van der Waals surface area contributed by atoms with E-state index in [1.165, 1.54) is 12.8 Å². The Bertz CT molecular complexity index is 1520. The molecule has 1 N–H and O–H groups in total. The zero-order valence-electron chi connectivity index (χ0n) is 24.4. The highest BCUT2D eigenvalue weighted by atomic mass is 16.5. The quantitative estimate of drug-likeness (QED) is 0.297. The van der Waals surface area contributed by atoms with E-state index >= 15 is 0 Å². The van der Waals surface area contributed by atoms with Crippen LogP contribution < -0.4 is 5.32 Å². The van der Waals surface area contributed by atoms with Gasteiger partial charge in [-0.05, 0) is 69.8 Å². The van der Waals surface area contributed by atoms with E-state index in [1.807, 2.05) is 63.6 Å². The van der Waals surface area contributed by atoms with Crippen molar-refractivity contribution in [3.8, 4) is 11.4 Å². The summed E-state index contributed by atoms with van der Waals surface area (Å²) in [7, 11) is 9.66. The maximum Gasteiger partial charge on any atom is 0.254 e. The molecule has 5 rings (SSSR count). The van der Waals surface area contributed by atoms with Gasteiger partial charge in [0.2, 0.25) is 0 Å². The van der Waals surface area contributed by atoms with Crippen molar-refractivity contribution in [3.63, 3.8) is 0 Å². The molecule has 210 valence electrons. The number of anilines is 1. The number of nitrogens with one attached hydrogen (secondary N) is 1. The molecule has 1 fully saturated rings. The lowest BCUT2D eigenvalue weighted by molar-refractivity contribution is 0.0784. The fourth-order valence-corrected chi connectivity index (χ4v) is 4.99. The van der Waals surface area contributed by atoms with E-state index in [0.29, 0.717) is 30.3 Å². The smallest absolute Gasteiger partial charge is 0.254 e. The lowest BCUT2D eigenvalue weighted by atomic mass is 10.0. The molecule has 3 heterocycles. The van der Waals surface area contributed by atoms with Crippen LogP contribution in [0.1, 0.15) is 51.9 Å². The second-order valence-electron chi connectivity index (χ2n) is 11.0. The van der Waals surface area contributed by atoms with E-state index in [2.05, 4.69) is 33.9 Å². The lowest BCUT2D eigenvalue weighted by Crippen LogP contribution is -2.27. The Morgan fingerprint density at radius 3 is 2.60 bits per heavy atom. The molecule has 0 atom stereocenters. The first-order chi connectivity index (χ1) is 19.2. The van der Waals surface area contributed by atoms with Crippen molar-refractivity contribution in [2.75, 3.05) is 46.7 Å². The molecule has 1 aromatic carbocycles. The predicted molar refractivity (Wildman–Crippen MR) is 158 cm³/mol. The van der Waals surface area contributed by atoms with Crippen LogP contribution >= 0.6 is 0 Å². The van der Waals surface area contributed by atoms with Gasteiger partial charge in [-0.25, -0.2) is 15.0 Å². The molecular formula is C31H39N7O2. The predicted octanol–water partition coefficient (Wildman–Crippen LogP) is 4.61. The molecule has 9 nitrogen and oxygen atoms in total. The normalized spacial score (nSPS) is 13.3. The van der Waals surface area contributed by atoms with Crippen LogP contribution in [-0.4, -0.2) is 76.6 Å². The van der Waals surface area contributed by atoms with E-state index in [4.69, 9.17) is 14.7 Å². The minimum Gasteiger partial charge on any atom is -0.382 e. The van der Waals surface area contributed by atoms with Crippen LogP contribution in [0.3, 0.4) is 0 Å². The minimum absolute atomic E-state index is 0.0731. The van der Waals surface area contributed by atoms with Gasteiger partial charge >= 0.3 is 0 Å². The van der Waals surface area contributed by atoms with E-state index in [-0.39, 0.29) is 5.91 Å². The fraction of sp³-hybridized carbons (Fsp3) is 0.419. The average molecular weight is 542 g/mol. The number of nitrogens with zero attached hydrogens (tertiary/aromatic N) is 6. The van der Waals surface area contributed by atoms with Crippen molar-refractivity contribution in [3.05, 3.63) is 70.9 Å². The van der Waals surface area contributed by atoms with Gasteiger partial charge in [-0.3, -0.25) is 4.79 Å². The van der Waals surface area contributed by atoms with Gasteiger partial charge in [-0.2, -0.15) is 0 Å². The first-order valence-corrected chi connectivity index (χ1v) is 13.8. The average Bonchev–Trinajstić information content (AvgIpc) is 3.71. The second kappa shape index (κ2) is 11.7. The van der Waals surface area contributed by atoms with Crippen molar-refractivity contribution in [2.24, 2.45) is 7.05 Å². The SMILES string of the molecule is COCc1ccc2nc(-c3ccc(NCCN(C)C)c(C)n3)cc(C(=O)N(C)Cc3cnc(C4CC4)n3C)c2c1. The Kier molecular flexibility index (Phi) is 8.14. The van der Waals surface area contributed by atoms with Crippen molar-refractivity contribution >= 4 is 22.5 Å². The number of imidazole rings is 1. The molecule has 1 amide bonds. The van der Waals surface area contributed by atoms with Gasteiger partial charge in [0.05, 0.1) is 58.9 Å². The van der Waals surface area contributed by atoms with E-state index in [9.17, 15) is 4.79 Å². The van der Waals surface area contributed by atoms with E-state index in [1.54, 1.807) is 12.0 Å². The molecule has 3 aromatic heterocycles. The summed E-state index contributed by atoms with van der Waals surface area (Å²) in [6.07, 6.45) is 4.27. The van der Waals surface area contributed by atoms with E-state index < -0.39 is 0 Å². The summed E-state index contributed by atoms with van der Waals surface area (Å²) in [4.78, 5) is 32.3. The van der Waals surface area contributed by atoms with Crippen LogP contribution in [-0.2, 0) is 24.9 Å². The monoisotopic (exact) mass is 541 g/mol. The van der Waals surface area contributed by atoms with Gasteiger partial charge in [0.15, 0.2) is 0 Å². The Morgan fingerprint density at radius 2 is 1.90 bits per heavy atom. The zero-order valence-corrected chi connectivity index (χ0v) is 24.4. The van der Waals surface area contributed by atoms with Crippen LogP contribution in [0.15, 0.2) is 42.6 Å². The molecule has 0 bridgehead atoms. The topological polar surface area (TPSA) is 88.4 Å². The number of carbonyl (C=O) groups is 1. The lowest BCUT2D eigenvalue weighted by Gasteiger charge is -2.20. The molecular weight excluding hydrogens is 502 g/mol. The molecule has 1 aliphatic carbocycles. The van der Waals surface area contributed by atoms with Crippen LogP contribution in [0, 0.1) is 6.92 Å². The zero-order chi connectivity index (χ0) is 28.4. The number of amides is 1. The van der Waals surface area contributed by atoms with Crippen molar-refractivity contribution in [1.29, 1.82) is 0 Å². The van der Waals surface area contributed by atoms with Crippen molar-refractivity contribution < 1.29 is 9.53 Å². The third-order valence-electron chi connectivity index (χ3n) is 7.45. The third kappa shape index (κ3) is 6.00. The highest BCUT2D eigenvalue weighted by Gasteiger charge is 2.29. The Morgan fingerprint density at radius 1 is 1.10 bits per heavy atom. The van der Waals surface area contributed by atoms with E-state index in [0.717, 1.165) is 58.1 Å². The summed E-state index contributed by atoms with van der Waals surface area (Å²) in [5, 5.41) is 4.25. The van der Waals surface area contributed by atoms with Gasteiger partial charge in [0, 0.05) is 45.6 Å². The maximum absolute atomic E-state index is 14.0. The summed E-state index contributed by atoms with van der Waals surface area (Å²) >= 11 is 0. The molecule has 0 radical (unpaired) electrons. The second-order valence-corrected chi connectivity index (χ2v) is 11.0. The highest BCUT2D eigenvalue weighted by molar-refractivity contribution is 6.07. The summed E-state index contributed by atoms with van der Waals surface area (Å²) < 4.78 is 7.49. The number of ether oxygens (including phenoxy) is 1. The molecule has 9 heteroatoms. The number of rotatable bonds is 11. The first kappa shape index (κ1) is 27.7. The number of aryl methyl sites for hydroxylation is 1. The molecule has 1 aliphatic rings. The van der Waals surface area contributed by atoms with Gasteiger partial charge in [-0.15, -0.1) is 0 Å². The molecule has 0 saturated heterocycles. The number of fused-ring (bicyclic) bond motifs is 1. The number of hydrogen-bond donors (Lipinski definition) is 1. The van der Waals surface area contributed by atoms with Gasteiger partial charge in [0.25, 0.3) is 5.91 Å². The highest BCUT2D eigenvalue weighted by Crippen LogP contribution is 2.39. The third-order valence-corrected chi connectivity index (χ3v) is 7.45. The minimum atomic E-state index is -0.0731. The number of hydrogen-bond acceptors (Lipinski definition) is 7. The molecule has 4 aromatic rings.